The predicted molar refractivity (Wildman–Crippen MR) is 118 cm³/mol. The fourth-order valence-electron chi connectivity index (χ4n) is 3.13. The maximum atomic E-state index is 13.3. The first-order valence-corrected chi connectivity index (χ1v) is 10.8. The minimum atomic E-state index is -0.426. The number of rotatable bonds is 8. The van der Waals surface area contributed by atoms with Crippen LogP contribution in [0.1, 0.15) is 34.6 Å². The van der Waals surface area contributed by atoms with Gasteiger partial charge in [-0.25, -0.2) is 8.78 Å². The summed E-state index contributed by atoms with van der Waals surface area (Å²) in [7, 11) is 0. The van der Waals surface area contributed by atoms with Crippen LogP contribution in [0.5, 0.6) is 0 Å². The van der Waals surface area contributed by atoms with Crippen LogP contribution in [0.4, 0.5) is 8.78 Å². The van der Waals surface area contributed by atoms with Crippen molar-refractivity contribution < 1.29 is 18.4 Å². The lowest BCUT2D eigenvalue weighted by Crippen LogP contribution is -2.45. The Hall–Kier alpha value is -3.06. The normalized spacial score (nSPS) is 10.9. The van der Waals surface area contributed by atoms with Gasteiger partial charge in [0.15, 0.2) is 0 Å². The summed E-state index contributed by atoms with van der Waals surface area (Å²) in [5.41, 5.74) is 1.12. The molecule has 4 nitrogen and oxygen atoms in total. The molecule has 0 bridgehead atoms. The van der Waals surface area contributed by atoms with Gasteiger partial charge in [-0.3, -0.25) is 9.59 Å². The lowest BCUT2D eigenvalue weighted by Gasteiger charge is -2.30. The van der Waals surface area contributed by atoms with E-state index in [9.17, 15) is 18.4 Å². The first-order valence-electron chi connectivity index (χ1n) is 9.94. The number of benzene rings is 2. The van der Waals surface area contributed by atoms with Crippen LogP contribution in [-0.2, 0) is 17.9 Å². The van der Waals surface area contributed by atoms with E-state index in [1.807, 2.05) is 31.4 Å². The van der Waals surface area contributed by atoms with Crippen LogP contribution in [0.15, 0.2) is 66.0 Å². The molecule has 0 radical (unpaired) electrons. The van der Waals surface area contributed by atoms with Crippen LogP contribution in [0.3, 0.4) is 0 Å². The first-order chi connectivity index (χ1) is 14.8. The SMILES string of the molecule is CC(C)N(CC(=O)N(Cc1ccc(F)cc1)Cc1cccs1)C(=O)c1ccc(F)cc1. The van der Waals surface area contributed by atoms with Gasteiger partial charge in [0, 0.05) is 23.0 Å². The topological polar surface area (TPSA) is 40.6 Å². The van der Waals surface area contributed by atoms with Gasteiger partial charge >= 0.3 is 0 Å². The fourth-order valence-corrected chi connectivity index (χ4v) is 3.85. The van der Waals surface area contributed by atoms with Crippen molar-refractivity contribution in [2.24, 2.45) is 0 Å². The second-order valence-corrected chi connectivity index (χ2v) is 8.52. The molecule has 2 amide bonds. The van der Waals surface area contributed by atoms with Crippen LogP contribution in [0, 0.1) is 11.6 Å². The van der Waals surface area contributed by atoms with Crippen molar-refractivity contribution in [1.82, 2.24) is 9.80 Å². The molecule has 0 fully saturated rings. The Morgan fingerprint density at radius 3 is 2.06 bits per heavy atom. The molecule has 7 heteroatoms. The summed E-state index contributed by atoms with van der Waals surface area (Å²) in [6.07, 6.45) is 0. The van der Waals surface area contributed by atoms with Crippen molar-refractivity contribution in [3.8, 4) is 0 Å². The van der Waals surface area contributed by atoms with E-state index in [-0.39, 0.29) is 30.2 Å². The van der Waals surface area contributed by atoms with E-state index in [2.05, 4.69) is 0 Å². The van der Waals surface area contributed by atoms with Gasteiger partial charge in [0.25, 0.3) is 5.91 Å². The zero-order valence-corrected chi connectivity index (χ0v) is 18.2. The minimum Gasteiger partial charge on any atom is -0.332 e. The average molecular weight is 443 g/mol. The van der Waals surface area contributed by atoms with Crippen molar-refractivity contribution in [1.29, 1.82) is 0 Å². The molecule has 1 aromatic heterocycles. The van der Waals surface area contributed by atoms with Crippen molar-refractivity contribution in [3.05, 3.63) is 93.7 Å². The van der Waals surface area contributed by atoms with Gasteiger partial charge in [-0.15, -0.1) is 11.3 Å². The van der Waals surface area contributed by atoms with Gasteiger partial charge in [0.05, 0.1) is 6.54 Å². The van der Waals surface area contributed by atoms with E-state index in [0.29, 0.717) is 18.7 Å². The fraction of sp³-hybridized carbons (Fsp3) is 0.250. The molecule has 0 N–H and O–H groups in total. The Morgan fingerprint density at radius 1 is 0.903 bits per heavy atom. The van der Waals surface area contributed by atoms with E-state index in [1.165, 1.54) is 41.3 Å². The van der Waals surface area contributed by atoms with Gasteiger partial charge in [0.1, 0.15) is 18.2 Å². The van der Waals surface area contributed by atoms with Crippen molar-refractivity contribution in [3.63, 3.8) is 0 Å². The van der Waals surface area contributed by atoms with E-state index < -0.39 is 5.82 Å². The molecule has 0 spiro atoms. The Morgan fingerprint density at radius 2 is 1.52 bits per heavy atom. The molecule has 31 heavy (non-hydrogen) atoms. The first kappa shape index (κ1) is 22.6. The standard InChI is InChI=1S/C24H24F2N2O2S/c1-17(2)28(24(30)19-7-11-21(26)12-8-19)16-23(29)27(15-22-4-3-13-31-22)14-18-5-9-20(25)10-6-18/h3-13,17H,14-16H2,1-2H3. The zero-order chi connectivity index (χ0) is 22.4. The summed E-state index contributed by atoms with van der Waals surface area (Å²) in [4.78, 5) is 30.4. The highest BCUT2D eigenvalue weighted by Gasteiger charge is 2.25. The monoisotopic (exact) mass is 442 g/mol. The third-order valence-electron chi connectivity index (χ3n) is 4.85. The lowest BCUT2D eigenvalue weighted by molar-refractivity contribution is -0.133. The van der Waals surface area contributed by atoms with E-state index >= 15 is 0 Å². The molecule has 0 aliphatic carbocycles. The minimum absolute atomic E-state index is 0.111. The molecule has 0 aliphatic rings. The summed E-state index contributed by atoms with van der Waals surface area (Å²) >= 11 is 1.54. The number of nitrogens with zero attached hydrogens (tertiary/aromatic N) is 2. The quantitative estimate of drug-likeness (QED) is 0.487. The molecular formula is C24H24F2N2O2S. The van der Waals surface area contributed by atoms with E-state index in [4.69, 9.17) is 0 Å². The maximum absolute atomic E-state index is 13.3. The molecule has 162 valence electrons. The molecule has 0 aliphatic heterocycles. The second kappa shape index (κ2) is 10.3. The third kappa shape index (κ3) is 6.21. The lowest BCUT2D eigenvalue weighted by atomic mass is 10.1. The molecule has 1 heterocycles. The molecule has 0 saturated heterocycles. The molecule has 0 unspecified atom stereocenters. The summed E-state index contributed by atoms with van der Waals surface area (Å²) in [6, 6.07) is 14.9. The van der Waals surface area contributed by atoms with Gasteiger partial charge in [-0.2, -0.15) is 0 Å². The highest BCUT2D eigenvalue weighted by molar-refractivity contribution is 7.09. The zero-order valence-electron chi connectivity index (χ0n) is 17.4. The predicted octanol–water partition coefficient (Wildman–Crippen LogP) is 5.11. The van der Waals surface area contributed by atoms with Crippen LogP contribution in [-0.4, -0.2) is 34.2 Å². The Balaban J connectivity index is 1.79. The molecule has 2 aromatic carbocycles. The van der Waals surface area contributed by atoms with Gasteiger partial charge in [-0.1, -0.05) is 18.2 Å². The Labute approximate surface area is 184 Å². The highest BCUT2D eigenvalue weighted by Crippen LogP contribution is 2.17. The number of hydrogen-bond donors (Lipinski definition) is 0. The number of carbonyl (C=O) groups is 2. The number of amides is 2. The molecule has 3 aromatic rings. The van der Waals surface area contributed by atoms with Crippen molar-refractivity contribution in [2.45, 2.75) is 33.0 Å². The van der Waals surface area contributed by atoms with E-state index in [0.717, 1.165) is 10.4 Å². The molecule has 3 rings (SSSR count). The van der Waals surface area contributed by atoms with Crippen molar-refractivity contribution >= 4 is 23.2 Å². The highest BCUT2D eigenvalue weighted by atomic mass is 32.1. The van der Waals surface area contributed by atoms with Gasteiger partial charge < -0.3 is 9.80 Å². The van der Waals surface area contributed by atoms with E-state index in [1.54, 1.807) is 28.4 Å². The maximum Gasteiger partial charge on any atom is 0.254 e. The number of hydrogen-bond acceptors (Lipinski definition) is 3. The average Bonchev–Trinajstić information content (AvgIpc) is 3.26. The Bertz CT molecular complexity index is 1000. The summed E-state index contributed by atoms with van der Waals surface area (Å²) in [6.45, 7) is 4.25. The number of halogens is 2. The van der Waals surface area contributed by atoms with Gasteiger partial charge in [-0.05, 0) is 67.3 Å². The smallest absolute Gasteiger partial charge is 0.254 e. The van der Waals surface area contributed by atoms with Crippen LogP contribution in [0.25, 0.3) is 0 Å². The largest absolute Gasteiger partial charge is 0.332 e. The Kier molecular flexibility index (Phi) is 7.52. The molecule has 0 saturated carbocycles. The van der Waals surface area contributed by atoms with Crippen LogP contribution < -0.4 is 0 Å². The number of carbonyl (C=O) groups excluding carboxylic acids is 2. The van der Waals surface area contributed by atoms with Crippen LogP contribution in [0.2, 0.25) is 0 Å². The molecular weight excluding hydrogens is 418 g/mol. The summed E-state index contributed by atoms with van der Waals surface area (Å²) < 4.78 is 26.5. The van der Waals surface area contributed by atoms with Crippen LogP contribution >= 0.6 is 11.3 Å². The summed E-state index contributed by atoms with van der Waals surface area (Å²) in [5.74, 6) is -1.32. The van der Waals surface area contributed by atoms with Crippen molar-refractivity contribution in [2.75, 3.05) is 6.54 Å². The second-order valence-electron chi connectivity index (χ2n) is 7.49. The van der Waals surface area contributed by atoms with Gasteiger partial charge in [0.2, 0.25) is 5.91 Å². The third-order valence-corrected chi connectivity index (χ3v) is 5.71. The number of thiophene rings is 1. The summed E-state index contributed by atoms with van der Waals surface area (Å²) in [5, 5.41) is 1.94. The molecule has 0 atom stereocenters.